The van der Waals surface area contributed by atoms with E-state index < -0.39 is 0 Å². The van der Waals surface area contributed by atoms with E-state index in [1.165, 1.54) is 0 Å². The molecule has 1 aromatic rings. The van der Waals surface area contributed by atoms with Gasteiger partial charge >= 0.3 is 0 Å². The lowest BCUT2D eigenvalue weighted by Gasteiger charge is -2.19. The average Bonchev–Trinajstić information content (AvgIpc) is 2.96. The smallest absolute Gasteiger partial charge is 0.252 e. The summed E-state index contributed by atoms with van der Waals surface area (Å²) < 4.78 is 5.40. The largest absolute Gasteiger partial charge is 0.354 e. The number of hydrogen-bond donors (Lipinski definition) is 1. The predicted octanol–water partition coefficient (Wildman–Crippen LogP) is 2.04. The molecule has 86 valence electrons. The van der Waals surface area contributed by atoms with Crippen LogP contribution in [0.3, 0.4) is 0 Å². The van der Waals surface area contributed by atoms with E-state index >= 15 is 0 Å². The first-order valence-corrected chi connectivity index (χ1v) is 5.50. The standard InChI is InChI=1S/C13H17NO2/c1-13(2,3)14-12(15)11-10(16-11)9-7-5-4-6-8-9/h4-8,10-11H,1-3H3,(H,14,15)/t10-,11+/m0/s1. The van der Waals surface area contributed by atoms with Crippen molar-refractivity contribution >= 4 is 5.91 Å². The van der Waals surface area contributed by atoms with Crippen LogP contribution >= 0.6 is 0 Å². The normalized spacial score (nSPS) is 23.9. The molecule has 0 spiro atoms. The molecule has 0 aliphatic carbocycles. The van der Waals surface area contributed by atoms with Gasteiger partial charge in [-0.2, -0.15) is 0 Å². The molecule has 2 rings (SSSR count). The lowest BCUT2D eigenvalue weighted by molar-refractivity contribution is -0.123. The number of nitrogens with one attached hydrogen (secondary N) is 1. The van der Waals surface area contributed by atoms with Crippen LogP contribution in [0.5, 0.6) is 0 Å². The molecule has 1 aliphatic rings. The molecule has 1 heterocycles. The van der Waals surface area contributed by atoms with Crippen LogP contribution in [-0.4, -0.2) is 17.6 Å². The summed E-state index contributed by atoms with van der Waals surface area (Å²) in [5.41, 5.74) is 0.862. The van der Waals surface area contributed by atoms with Gasteiger partial charge in [0.1, 0.15) is 6.10 Å². The average molecular weight is 219 g/mol. The maximum Gasteiger partial charge on any atom is 0.252 e. The Labute approximate surface area is 95.8 Å². The minimum atomic E-state index is -0.318. The molecule has 0 unspecified atom stereocenters. The zero-order valence-electron chi connectivity index (χ0n) is 9.86. The van der Waals surface area contributed by atoms with Crippen LogP contribution in [0.2, 0.25) is 0 Å². The van der Waals surface area contributed by atoms with Gasteiger partial charge in [-0.3, -0.25) is 4.79 Å². The number of carbonyl (C=O) groups excluding carboxylic acids is 1. The van der Waals surface area contributed by atoms with E-state index in [0.717, 1.165) is 5.56 Å². The van der Waals surface area contributed by atoms with E-state index in [4.69, 9.17) is 4.74 Å². The molecule has 0 radical (unpaired) electrons. The van der Waals surface area contributed by atoms with Crippen LogP contribution in [0.4, 0.5) is 0 Å². The number of benzene rings is 1. The molecule has 0 saturated carbocycles. The fourth-order valence-corrected chi connectivity index (χ4v) is 1.65. The quantitative estimate of drug-likeness (QED) is 0.773. The van der Waals surface area contributed by atoms with Gasteiger partial charge in [-0.25, -0.2) is 0 Å². The molecule has 1 amide bonds. The lowest BCUT2D eigenvalue weighted by atomic mass is 10.1. The summed E-state index contributed by atoms with van der Waals surface area (Å²) in [6, 6.07) is 9.83. The fraction of sp³-hybridized carbons (Fsp3) is 0.462. The third-order valence-electron chi connectivity index (χ3n) is 2.38. The summed E-state index contributed by atoms with van der Waals surface area (Å²) in [5.74, 6) is -0.0265. The highest BCUT2D eigenvalue weighted by molar-refractivity contribution is 5.84. The van der Waals surface area contributed by atoms with Crippen LogP contribution in [0.15, 0.2) is 30.3 Å². The van der Waals surface area contributed by atoms with Gasteiger partial charge < -0.3 is 10.1 Å². The molecule has 1 N–H and O–H groups in total. The number of ether oxygens (including phenoxy) is 1. The Morgan fingerprint density at radius 1 is 1.25 bits per heavy atom. The van der Waals surface area contributed by atoms with Gasteiger partial charge in [-0.15, -0.1) is 0 Å². The molecule has 1 aromatic carbocycles. The van der Waals surface area contributed by atoms with Crippen molar-refractivity contribution in [3.8, 4) is 0 Å². The highest BCUT2D eigenvalue weighted by atomic mass is 16.6. The van der Waals surface area contributed by atoms with Gasteiger partial charge in [0.15, 0.2) is 6.10 Å². The number of carbonyl (C=O) groups is 1. The highest BCUT2D eigenvalue weighted by Crippen LogP contribution is 2.38. The van der Waals surface area contributed by atoms with Crippen LogP contribution in [0, 0.1) is 0 Å². The van der Waals surface area contributed by atoms with Crippen molar-refractivity contribution in [2.45, 2.75) is 38.5 Å². The van der Waals surface area contributed by atoms with Crippen molar-refractivity contribution in [2.75, 3.05) is 0 Å². The summed E-state index contributed by atoms with van der Waals surface area (Å²) in [6.07, 6.45) is -0.384. The van der Waals surface area contributed by atoms with Crippen molar-refractivity contribution in [1.29, 1.82) is 0 Å². The van der Waals surface area contributed by atoms with Gasteiger partial charge in [-0.1, -0.05) is 30.3 Å². The van der Waals surface area contributed by atoms with Crippen molar-refractivity contribution < 1.29 is 9.53 Å². The molecule has 1 fully saturated rings. The minimum absolute atomic E-state index is 0.0265. The third kappa shape index (κ3) is 2.61. The number of epoxide rings is 1. The summed E-state index contributed by atoms with van der Waals surface area (Å²) in [4.78, 5) is 11.8. The van der Waals surface area contributed by atoms with E-state index in [2.05, 4.69) is 5.32 Å². The Hall–Kier alpha value is -1.35. The second-order valence-electron chi connectivity index (χ2n) is 5.13. The van der Waals surface area contributed by atoms with E-state index in [0.29, 0.717) is 0 Å². The molecule has 0 aromatic heterocycles. The zero-order valence-corrected chi connectivity index (χ0v) is 9.86. The third-order valence-corrected chi connectivity index (χ3v) is 2.38. The molecule has 0 bridgehead atoms. The van der Waals surface area contributed by atoms with Crippen molar-refractivity contribution in [1.82, 2.24) is 5.32 Å². The van der Waals surface area contributed by atoms with Crippen LogP contribution < -0.4 is 5.32 Å². The molecule has 16 heavy (non-hydrogen) atoms. The second kappa shape index (κ2) is 3.91. The summed E-state index contributed by atoms with van der Waals surface area (Å²) in [7, 11) is 0. The molecule has 3 nitrogen and oxygen atoms in total. The summed E-state index contributed by atoms with van der Waals surface area (Å²) in [6.45, 7) is 5.89. The van der Waals surface area contributed by atoms with Crippen molar-refractivity contribution in [3.63, 3.8) is 0 Å². The van der Waals surface area contributed by atoms with Crippen LogP contribution in [0.25, 0.3) is 0 Å². The van der Waals surface area contributed by atoms with Gasteiger partial charge in [-0.05, 0) is 26.3 Å². The molecule has 3 heteroatoms. The van der Waals surface area contributed by atoms with Gasteiger partial charge in [0, 0.05) is 5.54 Å². The SMILES string of the molecule is CC(C)(C)NC(=O)[C@@H]1O[C@H]1c1ccccc1. The monoisotopic (exact) mass is 219 g/mol. The van der Waals surface area contributed by atoms with Crippen molar-refractivity contribution in [2.24, 2.45) is 0 Å². The lowest BCUT2D eigenvalue weighted by Crippen LogP contribution is -2.43. The Bertz CT molecular complexity index is 381. The molecule has 1 saturated heterocycles. The Morgan fingerprint density at radius 3 is 2.44 bits per heavy atom. The Kier molecular flexibility index (Phi) is 2.72. The molecular formula is C13H17NO2. The van der Waals surface area contributed by atoms with Gasteiger partial charge in [0.05, 0.1) is 0 Å². The van der Waals surface area contributed by atoms with Crippen molar-refractivity contribution in [3.05, 3.63) is 35.9 Å². The number of amides is 1. The minimum Gasteiger partial charge on any atom is -0.354 e. The second-order valence-corrected chi connectivity index (χ2v) is 5.13. The van der Waals surface area contributed by atoms with Crippen LogP contribution in [0.1, 0.15) is 32.4 Å². The topological polar surface area (TPSA) is 41.6 Å². The highest BCUT2D eigenvalue weighted by Gasteiger charge is 2.46. The van der Waals surface area contributed by atoms with Gasteiger partial charge in [0.25, 0.3) is 5.91 Å². The van der Waals surface area contributed by atoms with E-state index in [9.17, 15) is 4.79 Å². The summed E-state index contributed by atoms with van der Waals surface area (Å²) in [5, 5.41) is 2.92. The maximum absolute atomic E-state index is 11.8. The van der Waals surface area contributed by atoms with E-state index in [1.807, 2.05) is 51.1 Å². The predicted molar refractivity (Wildman–Crippen MR) is 62.0 cm³/mol. The molecular weight excluding hydrogens is 202 g/mol. The van der Waals surface area contributed by atoms with E-state index in [1.54, 1.807) is 0 Å². The van der Waals surface area contributed by atoms with Gasteiger partial charge in [0.2, 0.25) is 0 Å². The number of hydrogen-bond acceptors (Lipinski definition) is 2. The molecule has 1 aliphatic heterocycles. The summed E-state index contributed by atoms with van der Waals surface area (Å²) >= 11 is 0. The Morgan fingerprint density at radius 2 is 1.88 bits per heavy atom. The zero-order chi connectivity index (χ0) is 11.8. The first kappa shape index (κ1) is 11.1. The fourth-order valence-electron chi connectivity index (χ4n) is 1.65. The first-order valence-electron chi connectivity index (χ1n) is 5.50. The molecule has 2 atom stereocenters. The Balaban J connectivity index is 1.95. The maximum atomic E-state index is 11.8. The van der Waals surface area contributed by atoms with Crippen LogP contribution in [-0.2, 0) is 9.53 Å². The first-order chi connectivity index (χ1) is 7.47. The van der Waals surface area contributed by atoms with E-state index in [-0.39, 0.29) is 23.7 Å². The number of rotatable bonds is 2.